The summed E-state index contributed by atoms with van der Waals surface area (Å²) in [5.74, 6) is 0. The summed E-state index contributed by atoms with van der Waals surface area (Å²) in [6, 6.07) is 9.86. The molecule has 0 spiro atoms. The molecule has 0 aliphatic rings. The monoisotopic (exact) mass is 276 g/mol. The summed E-state index contributed by atoms with van der Waals surface area (Å²) in [7, 11) is 0. The molecule has 2 rings (SSSR count). The van der Waals surface area contributed by atoms with Gasteiger partial charge in [0.05, 0.1) is 31.6 Å². The van der Waals surface area contributed by atoms with Gasteiger partial charge in [0.25, 0.3) is 0 Å². The zero-order chi connectivity index (χ0) is 14.2. The standard InChI is InChI=1S/C14H20N4O2/c15-7-6-13-8-18(17-16-13)9-14(19)11-20-10-12-4-2-1-3-5-12/h1-5,8,14,19H,6-7,9-11,15H2. The number of rotatable bonds is 8. The molecule has 0 saturated carbocycles. The molecule has 3 N–H and O–H groups in total. The summed E-state index contributed by atoms with van der Waals surface area (Å²) in [5.41, 5.74) is 7.37. The number of benzene rings is 1. The van der Waals surface area contributed by atoms with E-state index < -0.39 is 6.10 Å². The minimum absolute atomic E-state index is 0.265. The highest BCUT2D eigenvalue weighted by Crippen LogP contribution is 2.02. The molecule has 0 aliphatic carbocycles. The van der Waals surface area contributed by atoms with Gasteiger partial charge in [-0.15, -0.1) is 5.10 Å². The molecule has 1 unspecified atom stereocenters. The fourth-order valence-electron chi connectivity index (χ4n) is 1.85. The topological polar surface area (TPSA) is 86.2 Å². The van der Waals surface area contributed by atoms with E-state index in [4.69, 9.17) is 10.5 Å². The largest absolute Gasteiger partial charge is 0.389 e. The Morgan fingerprint density at radius 1 is 1.30 bits per heavy atom. The lowest BCUT2D eigenvalue weighted by atomic mass is 10.2. The minimum Gasteiger partial charge on any atom is -0.389 e. The van der Waals surface area contributed by atoms with Crippen molar-refractivity contribution in [1.29, 1.82) is 0 Å². The van der Waals surface area contributed by atoms with Crippen LogP contribution in [0.3, 0.4) is 0 Å². The van der Waals surface area contributed by atoms with E-state index in [2.05, 4.69) is 10.3 Å². The van der Waals surface area contributed by atoms with E-state index in [1.807, 2.05) is 30.3 Å². The summed E-state index contributed by atoms with van der Waals surface area (Å²) >= 11 is 0. The Hall–Kier alpha value is -1.76. The lowest BCUT2D eigenvalue weighted by Gasteiger charge is -2.10. The Bertz CT molecular complexity index is 501. The molecule has 0 fully saturated rings. The van der Waals surface area contributed by atoms with Crippen LogP contribution >= 0.6 is 0 Å². The van der Waals surface area contributed by atoms with Crippen molar-refractivity contribution < 1.29 is 9.84 Å². The van der Waals surface area contributed by atoms with Gasteiger partial charge in [-0.25, -0.2) is 4.68 Å². The van der Waals surface area contributed by atoms with E-state index >= 15 is 0 Å². The van der Waals surface area contributed by atoms with Crippen LogP contribution in [0.5, 0.6) is 0 Å². The molecule has 0 amide bonds. The van der Waals surface area contributed by atoms with Crippen LogP contribution in [0.2, 0.25) is 0 Å². The third-order valence-corrected chi connectivity index (χ3v) is 2.81. The van der Waals surface area contributed by atoms with Gasteiger partial charge >= 0.3 is 0 Å². The second-order valence-corrected chi connectivity index (χ2v) is 4.63. The predicted molar refractivity (Wildman–Crippen MR) is 74.9 cm³/mol. The first-order chi connectivity index (χ1) is 9.78. The van der Waals surface area contributed by atoms with Gasteiger partial charge in [0.1, 0.15) is 0 Å². The molecule has 108 valence electrons. The Balaban J connectivity index is 1.70. The first kappa shape index (κ1) is 14.6. The molecule has 1 atom stereocenters. The summed E-state index contributed by atoms with van der Waals surface area (Å²) < 4.78 is 7.09. The zero-order valence-electron chi connectivity index (χ0n) is 11.4. The molecule has 0 bridgehead atoms. The molecule has 0 saturated heterocycles. The van der Waals surface area contributed by atoms with Crippen LogP contribution in [0.25, 0.3) is 0 Å². The Kier molecular flexibility index (Phi) is 5.67. The molecule has 0 aliphatic heterocycles. The van der Waals surface area contributed by atoms with Crippen LogP contribution in [0.15, 0.2) is 36.5 Å². The fourth-order valence-corrected chi connectivity index (χ4v) is 1.85. The number of aromatic nitrogens is 3. The average molecular weight is 276 g/mol. The van der Waals surface area contributed by atoms with Crippen LogP contribution in [0.1, 0.15) is 11.3 Å². The van der Waals surface area contributed by atoms with Crippen molar-refractivity contribution in [2.45, 2.75) is 25.7 Å². The van der Waals surface area contributed by atoms with Crippen LogP contribution in [0.4, 0.5) is 0 Å². The average Bonchev–Trinajstić information content (AvgIpc) is 2.88. The Labute approximate surface area is 118 Å². The molecule has 1 aromatic heterocycles. The van der Waals surface area contributed by atoms with Gasteiger partial charge in [-0.2, -0.15) is 0 Å². The molecule has 20 heavy (non-hydrogen) atoms. The van der Waals surface area contributed by atoms with E-state index in [-0.39, 0.29) is 6.61 Å². The van der Waals surface area contributed by atoms with Gasteiger partial charge in [-0.1, -0.05) is 35.5 Å². The van der Waals surface area contributed by atoms with Crippen LogP contribution in [-0.4, -0.2) is 39.4 Å². The van der Waals surface area contributed by atoms with Crippen molar-refractivity contribution in [3.05, 3.63) is 47.8 Å². The molecular formula is C14H20N4O2. The van der Waals surface area contributed by atoms with Crippen LogP contribution in [0, 0.1) is 0 Å². The number of nitrogens with two attached hydrogens (primary N) is 1. The minimum atomic E-state index is -0.605. The van der Waals surface area contributed by atoms with E-state index in [0.29, 0.717) is 26.1 Å². The second-order valence-electron chi connectivity index (χ2n) is 4.63. The molecule has 2 aromatic rings. The number of aliphatic hydroxyl groups is 1. The van der Waals surface area contributed by atoms with Gasteiger partial charge in [0.15, 0.2) is 0 Å². The van der Waals surface area contributed by atoms with Crippen molar-refractivity contribution in [3.63, 3.8) is 0 Å². The van der Waals surface area contributed by atoms with Crippen molar-refractivity contribution in [2.24, 2.45) is 5.73 Å². The summed E-state index contributed by atoms with van der Waals surface area (Å²) in [6.45, 7) is 1.67. The van der Waals surface area contributed by atoms with E-state index in [9.17, 15) is 5.11 Å². The summed E-state index contributed by atoms with van der Waals surface area (Å²) in [4.78, 5) is 0. The predicted octanol–water partition coefficient (Wildman–Crippen LogP) is 0.357. The number of hydrogen-bond acceptors (Lipinski definition) is 5. The molecule has 1 aromatic carbocycles. The molecule has 6 heteroatoms. The lowest BCUT2D eigenvalue weighted by molar-refractivity contribution is 0.0185. The van der Waals surface area contributed by atoms with Gasteiger partial charge in [-0.3, -0.25) is 0 Å². The highest BCUT2D eigenvalue weighted by molar-refractivity contribution is 5.13. The van der Waals surface area contributed by atoms with Gasteiger partial charge < -0.3 is 15.6 Å². The lowest BCUT2D eigenvalue weighted by Crippen LogP contribution is -2.22. The fraction of sp³-hybridized carbons (Fsp3) is 0.429. The van der Waals surface area contributed by atoms with Gasteiger partial charge in [0.2, 0.25) is 0 Å². The Morgan fingerprint density at radius 3 is 2.85 bits per heavy atom. The van der Waals surface area contributed by atoms with Crippen molar-refractivity contribution in [1.82, 2.24) is 15.0 Å². The maximum Gasteiger partial charge on any atom is 0.0969 e. The number of ether oxygens (including phenoxy) is 1. The van der Waals surface area contributed by atoms with Crippen LogP contribution < -0.4 is 5.73 Å². The molecular weight excluding hydrogens is 256 g/mol. The maximum atomic E-state index is 9.88. The van der Waals surface area contributed by atoms with E-state index in [0.717, 1.165) is 11.3 Å². The molecule has 6 nitrogen and oxygen atoms in total. The maximum absolute atomic E-state index is 9.88. The first-order valence-electron chi connectivity index (χ1n) is 6.66. The van der Waals surface area contributed by atoms with Crippen molar-refractivity contribution in [3.8, 4) is 0 Å². The first-order valence-corrected chi connectivity index (χ1v) is 6.66. The van der Waals surface area contributed by atoms with Crippen molar-refractivity contribution >= 4 is 0 Å². The number of aliphatic hydroxyl groups excluding tert-OH is 1. The van der Waals surface area contributed by atoms with Crippen molar-refractivity contribution in [2.75, 3.05) is 13.2 Å². The van der Waals surface area contributed by atoms with E-state index in [1.165, 1.54) is 0 Å². The smallest absolute Gasteiger partial charge is 0.0969 e. The summed E-state index contributed by atoms with van der Waals surface area (Å²) in [5, 5.41) is 17.8. The highest BCUT2D eigenvalue weighted by Gasteiger charge is 2.08. The normalized spacial score (nSPS) is 12.5. The third-order valence-electron chi connectivity index (χ3n) is 2.81. The Morgan fingerprint density at radius 2 is 2.10 bits per heavy atom. The third kappa shape index (κ3) is 4.73. The zero-order valence-corrected chi connectivity index (χ0v) is 11.4. The highest BCUT2D eigenvalue weighted by atomic mass is 16.5. The molecule has 0 radical (unpaired) electrons. The van der Waals surface area contributed by atoms with Crippen LogP contribution in [-0.2, 0) is 24.3 Å². The quantitative estimate of drug-likeness (QED) is 0.727. The molecule has 1 heterocycles. The van der Waals surface area contributed by atoms with Gasteiger partial charge in [-0.05, 0) is 12.1 Å². The number of nitrogens with zero attached hydrogens (tertiary/aromatic N) is 3. The summed E-state index contributed by atoms with van der Waals surface area (Å²) in [6.07, 6.45) is 1.89. The van der Waals surface area contributed by atoms with Gasteiger partial charge in [0, 0.05) is 12.6 Å². The SMILES string of the molecule is NCCc1cn(CC(O)COCc2ccccc2)nn1. The number of hydrogen-bond donors (Lipinski definition) is 2. The second kappa shape index (κ2) is 7.74. The van der Waals surface area contributed by atoms with E-state index in [1.54, 1.807) is 10.9 Å².